The monoisotopic (exact) mass is 646 g/mol. The summed E-state index contributed by atoms with van der Waals surface area (Å²) in [5.74, 6) is 1.84. The number of ether oxygens (including phenoxy) is 1. The summed E-state index contributed by atoms with van der Waals surface area (Å²) in [6, 6.07) is 66.2. The van der Waals surface area contributed by atoms with Crippen molar-refractivity contribution >= 4 is 53.9 Å². The van der Waals surface area contributed by atoms with E-state index in [1.807, 2.05) is 0 Å². The van der Waals surface area contributed by atoms with Gasteiger partial charge in [0.2, 0.25) is 0 Å². The molecule has 11 rings (SSSR count). The lowest BCUT2D eigenvalue weighted by Gasteiger charge is -2.25. The molecule has 0 atom stereocenters. The molecule has 0 N–H and O–H groups in total. The van der Waals surface area contributed by atoms with Crippen LogP contribution in [-0.2, 0) is 0 Å². The topological polar surface area (TPSA) is 9.23 Å². The fourth-order valence-corrected chi connectivity index (χ4v) is 8.67. The molecular weight excluding hydrogens is 617 g/mol. The molecule has 0 spiro atoms. The molecule has 0 saturated carbocycles. The molecule has 51 heavy (non-hydrogen) atoms. The van der Waals surface area contributed by atoms with Crippen molar-refractivity contribution in [1.29, 1.82) is 0 Å². The van der Waals surface area contributed by atoms with Crippen molar-refractivity contribution < 1.29 is 4.74 Å². The zero-order valence-corrected chi connectivity index (χ0v) is 27.7. The maximum Gasteiger partial charge on any atom is 0.143 e. The number of benzene rings is 10. The van der Waals surface area contributed by atoms with Crippen LogP contribution in [0.1, 0.15) is 0 Å². The highest BCUT2D eigenvalue weighted by atomic mass is 16.5. The minimum Gasteiger partial charge on any atom is -0.455 e. The Morgan fingerprint density at radius 3 is 1.71 bits per heavy atom. The average Bonchev–Trinajstić information content (AvgIpc) is 3.20. The van der Waals surface area contributed by atoms with Crippen LogP contribution in [0.15, 0.2) is 182 Å². The second-order valence-electron chi connectivity index (χ2n) is 13.5. The van der Waals surface area contributed by atoms with Gasteiger partial charge in [0.15, 0.2) is 0 Å². The summed E-state index contributed by atoms with van der Waals surface area (Å²) in [5, 5.41) is 12.2. The third-order valence-corrected chi connectivity index (χ3v) is 10.8. The van der Waals surface area contributed by atoms with Crippen molar-refractivity contribution in [2.45, 2.75) is 0 Å². The van der Waals surface area contributed by atoms with Crippen molar-refractivity contribution in [3.63, 3.8) is 0 Å². The lowest BCUT2D eigenvalue weighted by atomic mass is 9.81. The van der Waals surface area contributed by atoms with Crippen LogP contribution in [0.2, 0.25) is 0 Å². The zero-order valence-electron chi connectivity index (χ0n) is 27.7. The van der Waals surface area contributed by atoms with E-state index in [1.165, 1.54) is 82.0 Å². The smallest absolute Gasteiger partial charge is 0.143 e. The lowest BCUT2D eigenvalue weighted by molar-refractivity contribution is 0.493. The van der Waals surface area contributed by atoms with Gasteiger partial charge in [-0.05, 0) is 94.2 Å². The van der Waals surface area contributed by atoms with Crippen molar-refractivity contribution in [2.24, 2.45) is 0 Å². The number of hydrogen-bond donors (Lipinski definition) is 0. The second kappa shape index (κ2) is 10.9. The molecule has 0 radical (unpaired) electrons. The van der Waals surface area contributed by atoms with Gasteiger partial charge in [0.05, 0.1) is 0 Å². The summed E-state index contributed by atoms with van der Waals surface area (Å²) in [6.07, 6.45) is 0. The standard InChI is InChI=1S/C50H30O/c1-3-13-31(14-4-1)34-21-11-22-37-36(34)27-30-44-47(39-20-10-9-19-38(39)46(49(37)44)33-16-5-2-6-17-33)41-28-29-42-43-26-25-32-15-7-8-18-35(32)50(43)51-45-24-12-23-40(41)48(42)45/h1-30H. The van der Waals surface area contributed by atoms with Gasteiger partial charge in [-0.2, -0.15) is 0 Å². The SMILES string of the molecule is c1ccc(-c2cccc3c2ccc2c(-c4ccc5c6c(cccc46)Oc4c-5ccc5ccccc45)c4ccccc4c(-c4ccccc4)c23)cc1. The summed E-state index contributed by atoms with van der Waals surface area (Å²) >= 11 is 0. The summed E-state index contributed by atoms with van der Waals surface area (Å²) in [6.45, 7) is 0. The predicted octanol–water partition coefficient (Wildman–Crippen LogP) is 14.2. The van der Waals surface area contributed by atoms with E-state index in [0.29, 0.717) is 0 Å². The van der Waals surface area contributed by atoms with Gasteiger partial charge in [-0.3, -0.25) is 0 Å². The van der Waals surface area contributed by atoms with Crippen LogP contribution >= 0.6 is 0 Å². The van der Waals surface area contributed by atoms with Gasteiger partial charge < -0.3 is 4.74 Å². The van der Waals surface area contributed by atoms with Gasteiger partial charge in [0.25, 0.3) is 0 Å². The van der Waals surface area contributed by atoms with Crippen molar-refractivity contribution in [3.05, 3.63) is 182 Å². The molecule has 0 aliphatic carbocycles. The molecule has 0 fully saturated rings. The molecule has 1 heteroatoms. The normalized spacial score (nSPS) is 12.1. The molecule has 10 aromatic rings. The Balaban J connectivity index is 1.28. The van der Waals surface area contributed by atoms with Gasteiger partial charge in [-0.15, -0.1) is 0 Å². The minimum atomic E-state index is 0.903. The molecule has 1 aliphatic rings. The third kappa shape index (κ3) is 4.09. The molecule has 1 nitrogen and oxygen atoms in total. The van der Waals surface area contributed by atoms with Gasteiger partial charge in [-0.25, -0.2) is 0 Å². The van der Waals surface area contributed by atoms with Crippen LogP contribution in [0, 0.1) is 0 Å². The van der Waals surface area contributed by atoms with Crippen LogP contribution in [0.4, 0.5) is 0 Å². The lowest BCUT2D eigenvalue weighted by Crippen LogP contribution is -1.99. The van der Waals surface area contributed by atoms with Gasteiger partial charge >= 0.3 is 0 Å². The number of rotatable bonds is 3. The molecule has 0 aromatic heterocycles. The Hall–Kier alpha value is -6.70. The van der Waals surface area contributed by atoms with Crippen LogP contribution in [0.3, 0.4) is 0 Å². The van der Waals surface area contributed by atoms with Crippen molar-refractivity contribution in [3.8, 4) is 56.0 Å². The van der Waals surface area contributed by atoms with E-state index in [2.05, 4.69) is 182 Å². The van der Waals surface area contributed by atoms with Crippen LogP contribution < -0.4 is 4.74 Å². The molecule has 0 amide bonds. The molecular formula is C50H30O. The molecule has 1 aliphatic heterocycles. The highest BCUT2D eigenvalue weighted by molar-refractivity contribution is 6.30. The van der Waals surface area contributed by atoms with Crippen LogP contribution in [0.25, 0.3) is 98.4 Å². The summed E-state index contributed by atoms with van der Waals surface area (Å²) < 4.78 is 6.82. The van der Waals surface area contributed by atoms with Crippen LogP contribution in [0.5, 0.6) is 11.5 Å². The van der Waals surface area contributed by atoms with Crippen molar-refractivity contribution in [1.82, 2.24) is 0 Å². The first kappa shape index (κ1) is 28.2. The molecule has 10 aromatic carbocycles. The predicted molar refractivity (Wildman–Crippen MR) is 216 cm³/mol. The van der Waals surface area contributed by atoms with Gasteiger partial charge in [-0.1, -0.05) is 170 Å². The first-order valence-electron chi connectivity index (χ1n) is 17.6. The summed E-state index contributed by atoms with van der Waals surface area (Å²) in [5.41, 5.74) is 9.77. The first-order chi connectivity index (χ1) is 25.3. The fourth-order valence-electron chi connectivity index (χ4n) is 8.67. The Morgan fingerprint density at radius 2 is 0.882 bits per heavy atom. The Kier molecular flexibility index (Phi) is 6.02. The molecule has 0 bridgehead atoms. The Morgan fingerprint density at radius 1 is 0.275 bits per heavy atom. The average molecular weight is 647 g/mol. The van der Waals surface area contributed by atoms with E-state index in [1.54, 1.807) is 0 Å². The molecule has 0 unspecified atom stereocenters. The zero-order chi connectivity index (χ0) is 33.5. The highest BCUT2D eigenvalue weighted by Gasteiger charge is 2.26. The van der Waals surface area contributed by atoms with Crippen molar-refractivity contribution in [2.75, 3.05) is 0 Å². The summed E-state index contributed by atoms with van der Waals surface area (Å²) in [4.78, 5) is 0. The number of fused-ring (bicyclic) bond motifs is 8. The second-order valence-corrected chi connectivity index (χ2v) is 13.5. The van der Waals surface area contributed by atoms with E-state index in [9.17, 15) is 0 Å². The summed E-state index contributed by atoms with van der Waals surface area (Å²) in [7, 11) is 0. The van der Waals surface area contributed by atoms with E-state index in [4.69, 9.17) is 4.74 Å². The number of hydrogen-bond acceptors (Lipinski definition) is 1. The molecule has 0 saturated heterocycles. The van der Waals surface area contributed by atoms with Crippen LogP contribution in [-0.4, -0.2) is 0 Å². The fraction of sp³-hybridized carbons (Fsp3) is 0. The molecule has 236 valence electrons. The van der Waals surface area contributed by atoms with Gasteiger partial charge in [0.1, 0.15) is 11.5 Å². The Labute approximate surface area is 295 Å². The Bertz CT molecular complexity index is 3030. The third-order valence-electron chi connectivity index (χ3n) is 10.8. The highest BCUT2D eigenvalue weighted by Crippen LogP contribution is 2.53. The molecule has 1 heterocycles. The van der Waals surface area contributed by atoms with Gasteiger partial charge in [0, 0.05) is 16.3 Å². The largest absolute Gasteiger partial charge is 0.455 e. The van der Waals surface area contributed by atoms with E-state index < -0.39 is 0 Å². The maximum atomic E-state index is 6.82. The first-order valence-corrected chi connectivity index (χ1v) is 17.6. The van der Waals surface area contributed by atoms with E-state index in [0.717, 1.165) is 27.8 Å². The van der Waals surface area contributed by atoms with E-state index in [-0.39, 0.29) is 0 Å². The maximum absolute atomic E-state index is 6.82. The quantitative estimate of drug-likeness (QED) is 0.137. The van der Waals surface area contributed by atoms with E-state index >= 15 is 0 Å². The minimum absolute atomic E-state index is 0.903.